The van der Waals surface area contributed by atoms with Crippen molar-refractivity contribution in [2.75, 3.05) is 13.2 Å². The van der Waals surface area contributed by atoms with Gasteiger partial charge in [-0.2, -0.15) is 0 Å². The molecule has 0 aliphatic heterocycles. The third-order valence-corrected chi connectivity index (χ3v) is 4.62. The van der Waals surface area contributed by atoms with Crippen LogP contribution in [0.1, 0.15) is 46.0 Å². The zero-order valence-corrected chi connectivity index (χ0v) is 12.3. The first-order valence-corrected chi connectivity index (χ1v) is 8.41. The summed E-state index contributed by atoms with van der Waals surface area (Å²) in [6.45, 7) is 4.36. The maximum Gasteiger partial charge on any atom is 0.354 e. The van der Waals surface area contributed by atoms with E-state index in [-0.39, 0.29) is 0 Å². The first-order valence-electron chi connectivity index (χ1n) is 6.80. The van der Waals surface area contributed by atoms with E-state index >= 15 is 0 Å². The van der Waals surface area contributed by atoms with E-state index in [0.717, 1.165) is 0 Å². The number of nitrogens with zero attached hydrogens (tertiary/aromatic N) is 1. The van der Waals surface area contributed by atoms with Crippen LogP contribution in [0.15, 0.2) is 16.9 Å². The molecule has 1 aliphatic carbocycles. The molecule has 0 saturated heterocycles. The Balaban J connectivity index is 2.45. The Bertz CT molecular complexity index is 312. The van der Waals surface area contributed by atoms with Gasteiger partial charge in [0.1, 0.15) is 0 Å². The highest BCUT2D eigenvalue weighted by molar-refractivity contribution is 7.57. The van der Waals surface area contributed by atoms with Crippen LogP contribution in [0.3, 0.4) is 0 Å². The van der Waals surface area contributed by atoms with E-state index in [1.807, 2.05) is 0 Å². The summed E-state index contributed by atoms with van der Waals surface area (Å²) in [7, 11) is -3.06. The lowest BCUT2D eigenvalue weighted by Gasteiger charge is -2.16. The fourth-order valence-corrected chi connectivity index (χ4v) is 3.28. The fraction of sp³-hybridized carbons (Fsp3) is 0.769. The molecule has 4 nitrogen and oxygen atoms in total. The molecule has 0 heterocycles. The Labute approximate surface area is 110 Å². The molecule has 0 unspecified atom stereocenters. The van der Waals surface area contributed by atoms with Crippen LogP contribution in [-0.4, -0.2) is 25.5 Å². The summed E-state index contributed by atoms with van der Waals surface area (Å²) in [6, 6.07) is 0.432. The molecule has 104 valence electrons. The van der Waals surface area contributed by atoms with Crippen molar-refractivity contribution in [3.8, 4) is 0 Å². The Morgan fingerprint density at radius 3 is 2.33 bits per heavy atom. The minimum absolute atomic E-state index is 0.376. The average Bonchev–Trinajstić information content (AvgIpc) is 2.37. The van der Waals surface area contributed by atoms with Crippen LogP contribution in [-0.2, 0) is 13.6 Å². The summed E-state index contributed by atoms with van der Waals surface area (Å²) in [6.07, 6.45) is 9.59. The minimum atomic E-state index is -3.06. The lowest BCUT2D eigenvalue weighted by atomic mass is 9.96. The topological polar surface area (TPSA) is 47.9 Å². The molecule has 0 radical (unpaired) electrons. The summed E-state index contributed by atoms with van der Waals surface area (Å²) >= 11 is 0. The molecule has 1 aliphatic rings. The lowest BCUT2D eigenvalue weighted by molar-refractivity contribution is 0.229. The average molecular weight is 273 g/mol. The van der Waals surface area contributed by atoms with Crippen molar-refractivity contribution >= 4 is 13.8 Å². The maximum absolute atomic E-state index is 12.1. The summed E-state index contributed by atoms with van der Waals surface area (Å²) < 4.78 is 22.4. The quantitative estimate of drug-likeness (QED) is 0.516. The van der Waals surface area contributed by atoms with Crippen LogP contribution in [0.5, 0.6) is 0 Å². The van der Waals surface area contributed by atoms with Crippen LogP contribution in [0, 0.1) is 0 Å². The smallest absolute Gasteiger partial charge is 0.306 e. The molecule has 0 spiro atoms. The minimum Gasteiger partial charge on any atom is -0.306 e. The van der Waals surface area contributed by atoms with E-state index in [1.54, 1.807) is 26.1 Å². The van der Waals surface area contributed by atoms with Crippen molar-refractivity contribution in [3.05, 3.63) is 11.9 Å². The fourth-order valence-electron chi connectivity index (χ4n) is 2.03. The van der Waals surface area contributed by atoms with Gasteiger partial charge in [0.15, 0.2) is 0 Å². The Morgan fingerprint density at radius 2 is 1.78 bits per heavy atom. The predicted octanol–water partition coefficient (Wildman–Crippen LogP) is 4.17. The van der Waals surface area contributed by atoms with E-state index < -0.39 is 7.60 Å². The third-order valence-electron chi connectivity index (χ3n) is 2.84. The molecule has 0 N–H and O–H groups in total. The SMILES string of the molecule is CCOP(=O)(/C=C/C=NC1CCCCC1)OCC. The van der Waals surface area contributed by atoms with Crippen LogP contribution < -0.4 is 0 Å². The summed E-state index contributed by atoms with van der Waals surface area (Å²) in [5.41, 5.74) is 0. The number of aliphatic imine (C=N–C) groups is 1. The monoisotopic (exact) mass is 273 g/mol. The van der Waals surface area contributed by atoms with Gasteiger partial charge in [-0.15, -0.1) is 0 Å². The highest BCUT2D eigenvalue weighted by Crippen LogP contribution is 2.49. The third kappa shape index (κ3) is 5.94. The second kappa shape index (κ2) is 8.63. The molecule has 1 fully saturated rings. The summed E-state index contributed by atoms with van der Waals surface area (Å²) in [4.78, 5) is 4.46. The lowest BCUT2D eigenvalue weighted by Crippen LogP contribution is -2.09. The summed E-state index contributed by atoms with van der Waals surface area (Å²) in [5.74, 6) is 1.49. The molecule has 0 amide bonds. The van der Waals surface area contributed by atoms with E-state index in [2.05, 4.69) is 4.99 Å². The van der Waals surface area contributed by atoms with Gasteiger partial charge in [0.25, 0.3) is 0 Å². The van der Waals surface area contributed by atoms with E-state index in [0.29, 0.717) is 19.3 Å². The molecule has 0 bridgehead atoms. The molecular formula is C13H24NO3P. The van der Waals surface area contributed by atoms with Gasteiger partial charge in [0.05, 0.1) is 13.2 Å². The molecule has 0 aromatic carbocycles. The highest BCUT2D eigenvalue weighted by atomic mass is 31.2. The van der Waals surface area contributed by atoms with Gasteiger partial charge in [-0.05, 0) is 32.8 Å². The molecule has 5 heteroatoms. The molecule has 0 atom stereocenters. The van der Waals surface area contributed by atoms with Crippen molar-refractivity contribution in [2.45, 2.75) is 52.0 Å². The van der Waals surface area contributed by atoms with Crippen molar-refractivity contribution in [1.82, 2.24) is 0 Å². The van der Waals surface area contributed by atoms with Crippen LogP contribution in [0.2, 0.25) is 0 Å². The maximum atomic E-state index is 12.1. The largest absolute Gasteiger partial charge is 0.354 e. The summed E-state index contributed by atoms with van der Waals surface area (Å²) in [5, 5.41) is 0. The number of rotatable bonds is 7. The van der Waals surface area contributed by atoms with E-state index in [4.69, 9.17) is 9.05 Å². The van der Waals surface area contributed by atoms with Crippen molar-refractivity contribution < 1.29 is 13.6 Å². The van der Waals surface area contributed by atoms with Gasteiger partial charge in [-0.3, -0.25) is 9.56 Å². The Morgan fingerprint density at radius 1 is 1.17 bits per heavy atom. The van der Waals surface area contributed by atoms with Crippen molar-refractivity contribution in [3.63, 3.8) is 0 Å². The Kier molecular flexibility index (Phi) is 7.48. The zero-order chi connectivity index (χ0) is 13.3. The molecule has 0 aromatic rings. The molecular weight excluding hydrogens is 249 g/mol. The standard InChI is InChI=1S/C13H24NO3P/c1-3-16-18(15,17-4-2)12-8-11-14-13-9-6-5-7-10-13/h8,11-13H,3-7,9-10H2,1-2H3/b12-8+,14-11?. The van der Waals surface area contributed by atoms with Gasteiger partial charge in [0.2, 0.25) is 0 Å². The number of hydrogen-bond donors (Lipinski definition) is 0. The van der Waals surface area contributed by atoms with Crippen LogP contribution in [0.4, 0.5) is 0 Å². The van der Waals surface area contributed by atoms with Crippen molar-refractivity contribution in [2.24, 2.45) is 4.99 Å². The first-order chi connectivity index (χ1) is 8.70. The van der Waals surface area contributed by atoms with Crippen LogP contribution in [0.25, 0.3) is 0 Å². The zero-order valence-electron chi connectivity index (χ0n) is 11.4. The van der Waals surface area contributed by atoms with Gasteiger partial charge >= 0.3 is 7.60 Å². The molecule has 1 rings (SSSR count). The Hall–Kier alpha value is -0.440. The first kappa shape index (κ1) is 15.6. The van der Waals surface area contributed by atoms with Crippen molar-refractivity contribution in [1.29, 1.82) is 0 Å². The predicted molar refractivity (Wildman–Crippen MR) is 75.4 cm³/mol. The van der Waals surface area contributed by atoms with Gasteiger partial charge in [0, 0.05) is 18.1 Å². The van der Waals surface area contributed by atoms with E-state index in [1.165, 1.54) is 37.9 Å². The molecule has 0 aromatic heterocycles. The van der Waals surface area contributed by atoms with Crippen LogP contribution >= 0.6 is 7.60 Å². The number of hydrogen-bond acceptors (Lipinski definition) is 4. The van der Waals surface area contributed by atoms with Gasteiger partial charge < -0.3 is 9.05 Å². The molecule has 18 heavy (non-hydrogen) atoms. The number of allylic oxidation sites excluding steroid dienone is 1. The molecule has 1 saturated carbocycles. The second-order valence-electron chi connectivity index (χ2n) is 4.31. The second-order valence-corrected chi connectivity index (χ2v) is 6.20. The normalized spacial score (nSPS) is 19.0. The van der Waals surface area contributed by atoms with E-state index in [9.17, 15) is 4.57 Å². The van der Waals surface area contributed by atoms with Gasteiger partial charge in [-0.1, -0.05) is 19.3 Å². The van der Waals surface area contributed by atoms with Gasteiger partial charge in [-0.25, -0.2) is 0 Å². The highest BCUT2D eigenvalue weighted by Gasteiger charge is 2.18.